The van der Waals surface area contributed by atoms with Crippen LogP contribution in [-0.2, 0) is 6.54 Å². The molecule has 246 valence electrons. The van der Waals surface area contributed by atoms with Gasteiger partial charge in [0, 0.05) is 32.7 Å². The SMILES string of the molecule is NC(=NC(=NCc1ccc(-c2cc3ccccc3c3ccccc23)c2oc3ccccc3c12)c1ccccc1)c1cccc2c1oc1ccccc12. The van der Waals surface area contributed by atoms with Crippen LogP contribution in [0, 0.1) is 0 Å². The predicted molar refractivity (Wildman–Crippen MR) is 215 cm³/mol. The number of hydrogen-bond acceptors (Lipinski definition) is 3. The van der Waals surface area contributed by atoms with Crippen molar-refractivity contribution in [1.29, 1.82) is 0 Å². The highest BCUT2D eigenvalue weighted by atomic mass is 16.3. The van der Waals surface area contributed by atoms with Crippen LogP contribution in [0.15, 0.2) is 183 Å². The zero-order valence-corrected chi connectivity index (χ0v) is 28.1. The second-order valence-electron chi connectivity index (χ2n) is 13.0. The van der Waals surface area contributed by atoms with E-state index in [-0.39, 0.29) is 0 Å². The van der Waals surface area contributed by atoms with Crippen molar-refractivity contribution in [2.24, 2.45) is 15.7 Å². The molecule has 0 aliphatic carbocycles. The van der Waals surface area contributed by atoms with Crippen LogP contribution in [0.4, 0.5) is 0 Å². The lowest BCUT2D eigenvalue weighted by Gasteiger charge is -2.13. The summed E-state index contributed by atoms with van der Waals surface area (Å²) in [5.41, 5.74) is 14.8. The highest BCUT2D eigenvalue weighted by Crippen LogP contribution is 2.42. The summed E-state index contributed by atoms with van der Waals surface area (Å²) < 4.78 is 13.0. The molecule has 0 fully saturated rings. The third-order valence-electron chi connectivity index (χ3n) is 10.0. The number of nitrogens with two attached hydrogens (primary N) is 1. The summed E-state index contributed by atoms with van der Waals surface area (Å²) in [4.78, 5) is 10.1. The molecule has 2 aromatic heterocycles. The summed E-state index contributed by atoms with van der Waals surface area (Å²) >= 11 is 0. The molecule has 0 atom stereocenters. The van der Waals surface area contributed by atoms with Gasteiger partial charge in [-0.05, 0) is 56.9 Å². The van der Waals surface area contributed by atoms with Crippen molar-refractivity contribution in [3.05, 3.63) is 180 Å². The van der Waals surface area contributed by atoms with Crippen LogP contribution < -0.4 is 5.73 Å². The van der Waals surface area contributed by atoms with Crippen molar-refractivity contribution < 1.29 is 8.83 Å². The third kappa shape index (κ3) is 4.86. The number of fused-ring (bicyclic) bond motifs is 9. The van der Waals surface area contributed by atoms with Crippen molar-refractivity contribution in [2.75, 3.05) is 0 Å². The molecule has 0 aliphatic rings. The Balaban J connectivity index is 1.14. The molecule has 0 saturated carbocycles. The lowest BCUT2D eigenvalue weighted by Crippen LogP contribution is -2.16. The van der Waals surface area contributed by atoms with Gasteiger partial charge in [0.1, 0.15) is 28.2 Å². The van der Waals surface area contributed by atoms with E-state index >= 15 is 0 Å². The van der Waals surface area contributed by atoms with E-state index in [2.05, 4.69) is 91.0 Å². The Morgan fingerprint density at radius 2 is 1.13 bits per heavy atom. The molecule has 2 heterocycles. The molecule has 52 heavy (non-hydrogen) atoms. The Labute approximate surface area is 299 Å². The van der Waals surface area contributed by atoms with Crippen LogP contribution in [0.3, 0.4) is 0 Å². The maximum Gasteiger partial charge on any atom is 0.157 e. The van der Waals surface area contributed by atoms with Gasteiger partial charge < -0.3 is 14.6 Å². The monoisotopic (exact) mass is 669 g/mol. The quantitative estimate of drug-likeness (QED) is 0.113. The van der Waals surface area contributed by atoms with Gasteiger partial charge in [0.2, 0.25) is 0 Å². The average Bonchev–Trinajstić information content (AvgIpc) is 3.79. The summed E-state index contributed by atoms with van der Waals surface area (Å²) in [6.07, 6.45) is 0. The zero-order valence-electron chi connectivity index (χ0n) is 28.1. The molecule has 0 saturated heterocycles. The van der Waals surface area contributed by atoms with E-state index in [1.54, 1.807) is 0 Å². The average molecular weight is 670 g/mol. The minimum atomic E-state index is 0.338. The lowest BCUT2D eigenvalue weighted by molar-refractivity contribution is 0.668. The maximum atomic E-state index is 6.80. The second kappa shape index (κ2) is 12.1. The van der Waals surface area contributed by atoms with Crippen LogP contribution in [0.2, 0.25) is 0 Å². The van der Waals surface area contributed by atoms with Gasteiger partial charge in [-0.3, -0.25) is 4.99 Å². The fourth-order valence-electron chi connectivity index (χ4n) is 7.58. The summed E-state index contributed by atoms with van der Waals surface area (Å²) in [6.45, 7) is 0.370. The minimum absolute atomic E-state index is 0.338. The van der Waals surface area contributed by atoms with Gasteiger partial charge >= 0.3 is 0 Å². The van der Waals surface area contributed by atoms with E-state index in [0.717, 1.165) is 66.1 Å². The predicted octanol–water partition coefficient (Wildman–Crippen LogP) is 11.8. The topological polar surface area (TPSA) is 77.0 Å². The number of nitrogens with zero attached hydrogens (tertiary/aromatic N) is 2. The highest BCUT2D eigenvalue weighted by molar-refractivity contribution is 6.20. The number of rotatable bonds is 5. The van der Waals surface area contributed by atoms with Crippen LogP contribution in [0.1, 0.15) is 16.7 Å². The largest absolute Gasteiger partial charge is 0.455 e. The first-order valence-electron chi connectivity index (χ1n) is 17.4. The minimum Gasteiger partial charge on any atom is -0.455 e. The molecule has 8 aromatic carbocycles. The molecule has 0 amide bonds. The molecule has 10 rings (SSSR count). The smallest absolute Gasteiger partial charge is 0.157 e. The Kier molecular flexibility index (Phi) is 6.96. The van der Waals surface area contributed by atoms with Crippen molar-refractivity contribution in [1.82, 2.24) is 0 Å². The van der Waals surface area contributed by atoms with E-state index in [9.17, 15) is 0 Å². The van der Waals surface area contributed by atoms with E-state index in [0.29, 0.717) is 23.8 Å². The molecule has 5 nitrogen and oxygen atoms in total. The molecular weight excluding hydrogens is 639 g/mol. The van der Waals surface area contributed by atoms with Crippen LogP contribution in [0.25, 0.3) is 76.5 Å². The molecule has 10 aromatic rings. The number of hydrogen-bond donors (Lipinski definition) is 1. The summed E-state index contributed by atoms with van der Waals surface area (Å²) in [5.74, 6) is 0.876. The van der Waals surface area contributed by atoms with Gasteiger partial charge in [-0.2, -0.15) is 0 Å². The van der Waals surface area contributed by atoms with Gasteiger partial charge in [-0.15, -0.1) is 0 Å². The fraction of sp³-hybridized carbons (Fsp3) is 0.0213. The Morgan fingerprint density at radius 1 is 0.500 bits per heavy atom. The van der Waals surface area contributed by atoms with Gasteiger partial charge in [0.15, 0.2) is 5.84 Å². The van der Waals surface area contributed by atoms with E-state index in [1.165, 1.54) is 21.5 Å². The molecule has 0 radical (unpaired) electrons. The second-order valence-corrected chi connectivity index (χ2v) is 13.0. The number of para-hydroxylation sites is 3. The van der Waals surface area contributed by atoms with Gasteiger partial charge in [-0.1, -0.05) is 140 Å². The fourth-order valence-corrected chi connectivity index (χ4v) is 7.58. The number of benzene rings is 8. The molecule has 2 N–H and O–H groups in total. The zero-order chi connectivity index (χ0) is 34.6. The van der Waals surface area contributed by atoms with Crippen molar-refractivity contribution in [3.63, 3.8) is 0 Å². The number of amidine groups is 2. The molecule has 0 bridgehead atoms. The number of furan rings is 2. The molecule has 0 unspecified atom stereocenters. The van der Waals surface area contributed by atoms with Gasteiger partial charge in [0.05, 0.1) is 12.1 Å². The van der Waals surface area contributed by atoms with Crippen LogP contribution in [-0.4, -0.2) is 11.7 Å². The Hall–Kier alpha value is -6.98. The van der Waals surface area contributed by atoms with Gasteiger partial charge in [0.25, 0.3) is 0 Å². The molecular formula is C47H31N3O2. The molecule has 5 heteroatoms. The van der Waals surface area contributed by atoms with Crippen LogP contribution >= 0.6 is 0 Å². The lowest BCUT2D eigenvalue weighted by atomic mass is 9.91. The maximum absolute atomic E-state index is 6.80. The third-order valence-corrected chi connectivity index (χ3v) is 10.0. The normalized spacial score (nSPS) is 12.6. The van der Waals surface area contributed by atoms with E-state index in [1.807, 2.05) is 72.8 Å². The highest BCUT2D eigenvalue weighted by Gasteiger charge is 2.19. The number of aliphatic imine (C=N–C) groups is 2. The first-order valence-corrected chi connectivity index (χ1v) is 17.4. The van der Waals surface area contributed by atoms with Crippen LogP contribution in [0.5, 0.6) is 0 Å². The summed E-state index contributed by atoms with van der Waals surface area (Å²) in [7, 11) is 0. The molecule has 0 aliphatic heterocycles. The van der Waals surface area contributed by atoms with Gasteiger partial charge in [-0.25, -0.2) is 4.99 Å². The van der Waals surface area contributed by atoms with E-state index in [4.69, 9.17) is 24.6 Å². The van der Waals surface area contributed by atoms with Crippen molar-refractivity contribution >= 4 is 77.1 Å². The van der Waals surface area contributed by atoms with Crippen molar-refractivity contribution in [2.45, 2.75) is 6.54 Å². The Bertz CT molecular complexity index is 3060. The van der Waals surface area contributed by atoms with E-state index < -0.39 is 0 Å². The standard InChI is InChI=1S/C47H31N3O2/c48-46(39-22-12-21-36-35-19-8-10-23-41(35)51-44(36)39)50-47(29-13-2-1-3-14-29)49-28-31-25-26-37(45-43(31)38-20-9-11-24-42(38)52-45)40-27-30-15-4-5-16-32(30)33-17-6-7-18-34(33)40/h1-27H,28H2,(H2,48,49,50). The molecule has 0 spiro atoms. The summed E-state index contributed by atoms with van der Waals surface area (Å²) in [5, 5.41) is 8.97. The summed E-state index contributed by atoms with van der Waals surface area (Å²) in [6, 6.07) is 56.0. The first kappa shape index (κ1) is 29.9. The Morgan fingerprint density at radius 3 is 1.96 bits per heavy atom. The van der Waals surface area contributed by atoms with Crippen molar-refractivity contribution in [3.8, 4) is 11.1 Å². The first-order chi connectivity index (χ1) is 25.7.